The Kier molecular flexibility index (Phi) is 3.28. The second-order valence-corrected chi connectivity index (χ2v) is 4.76. The van der Waals surface area contributed by atoms with Crippen molar-refractivity contribution in [1.82, 2.24) is 0 Å². The van der Waals surface area contributed by atoms with E-state index < -0.39 is 0 Å². The average Bonchev–Trinajstić information content (AvgIpc) is 2.48. The first kappa shape index (κ1) is 13.1. The maximum atomic E-state index is 12.2. The van der Waals surface area contributed by atoms with Gasteiger partial charge < -0.3 is 9.73 Å². The Bertz CT molecular complexity index is 880. The highest BCUT2D eigenvalue weighted by Crippen LogP contribution is 2.17. The molecule has 0 aliphatic carbocycles. The quantitative estimate of drug-likeness (QED) is 0.782. The second kappa shape index (κ2) is 5.25. The molecule has 4 heteroatoms. The van der Waals surface area contributed by atoms with Crippen LogP contribution in [0.1, 0.15) is 15.9 Å². The molecule has 21 heavy (non-hydrogen) atoms. The zero-order valence-electron chi connectivity index (χ0n) is 11.4. The highest BCUT2D eigenvalue weighted by atomic mass is 16.3. The van der Waals surface area contributed by atoms with Crippen molar-refractivity contribution < 1.29 is 9.21 Å². The molecule has 0 bridgehead atoms. The smallest absolute Gasteiger partial charge is 0.255 e. The van der Waals surface area contributed by atoms with Crippen LogP contribution >= 0.6 is 0 Å². The van der Waals surface area contributed by atoms with Gasteiger partial charge in [-0.1, -0.05) is 18.2 Å². The number of anilines is 1. The van der Waals surface area contributed by atoms with Gasteiger partial charge in [0, 0.05) is 17.3 Å². The van der Waals surface area contributed by atoms with E-state index in [-0.39, 0.29) is 11.3 Å². The molecule has 4 nitrogen and oxygen atoms in total. The number of nitrogens with one attached hydrogen (secondary N) is 1. The third kappa shape index (κ3) is 2.56. The molecule has 3 aromatic rings. The lowest BCUT2D eigenvalue weighted by molar-refractivity contribution is 0.102. The average molecular weight is 279 g/mol. The van der Waals surface area contributed by atoms with Gasteiger partial charge in [0.25, 0.3) is 5.91 Å². The summed E-state index contributed by atoms with van der Waals surface area (Å²) in [6, 6.07) is 13.7. The largest absolute Gasteiger partial charge is 0.464 e. The Balaban J connectivity index is 1.95. The van der Waals surface area contributed by atoms with Gasteiger partial charge in [-0.15, -0.1) is 0 Å². The Hall–Kier alpha value is -2.88. The van der Waals surface area contributed by atoms with Gasteiger partial charge in [-0.2, -0.15) is 0 Å². The lowest BCUT2D eigenvalue weighted by atomic mass is 10.1. The molecule has 1 amide bonds. The van der Waals surface area contributed by atoms with E-state index in [4.69, 9.17) is 4.42 Å². The van der Waals surface area contributed by atoms with Gasteiger partial charge in [0.15, 0.2) is 5.43 Å². The first-order valence-corrected chi connectivity index (χ1v) is 6.54. The molecule has 0 spiro atoms. The number of fused-ring (bicyclic) bond motifs is 1. The molecule has 0 aliphatic heterocycles. The molecule has 0 saturated heterocycles. The van der Waals surface area contributed by atoms with Crippen molar-refractivity contribution >= 4 is 22.6 Å². The first-order chi connectivity index (χ1) is 10.1. The number of carbonyl (C=O) groups is 1. The van der Waals surface area contributed by atoms with Crippen LogP contribution in [0.15, 0.2) is 64.0 Å². The van der Waals surface area contributed by atoms with E-state index in [0.29, 0.717) is 22.2 Å². The summed E-state index contributed by atoms with van der Waals surface area (Å²) < 4.78 is 5.24. The normalized spacial score (nSPS) is 10.5. The number of rotatable bonds is 2. The monoisotopic (exact) mass is 279 g/mol. The molecular weight excluding hydrogens is 266 g/mol. The van der Waals surface area contributed by atoms with Gasteiger partial charge in [0.05, 0.1) is 11.6 Å². The van der Waals surface area contributed by atoms with E-state index in [0.717, 1.165) is 5.56 Å². The Labute approximate surface area is 121 Å². The van der Waals surface area contributed by atoms with Crippen LogP contribution in [0.2, 0.25) is 0 Å². The van der Waals surface area contributed by atoms with Crippen molar-refractivity contribution in [1.29, 1.82) is 0 Å². The minimum absolute atomic E-state index is 0.136. The summed E-state index contributed by atoms with van der Waals surface area (Å²) in [5, 5.41) is 3.24. The van der Waals surface area contributed by atoms with Gasteiger partial charge in [-0.3, -0.25) is 9.59 Å². The molecule has 0 saturated carbocycles. The van der Waals surface area contributed by atoms with Crippen molar-refractivity contribution in [2.45, 2.75) is 6.92 Å². The summed E-state index contributed by atoms with van der Waals surface area (Å²) in [6.07, 6.45) is 1.36. The minimum Gasteiger partial charge on any atom is -0.464 e. The van der Waals surface area contributed by atoms with Crippen LogP contribution < -0.4 is 10.7 Å². The van der Waals surface area contributed by atoms with Gasteiger partial charge in [-0.25, -0.2) is 0 Å². The Morgan fingerprint density at radius 2 is 1.90 bits per heavy atom. The zero-order chi connectivity index (χ0) is 14.8. The van der Waals surface area contributed by atoms with Crippen molar-refractivity contribution in [3.8, 4) is 0 Å². The van der Waals surface area contributed by atoms with Gasteiger partial charge >= 0.3 is 0 Å². The van der Waals surface area contributed by atoms with Crippen LogP contribution in [-0.4, -0.2) is 5.91 Å². The van der Waals surface area contributed by atoms with E-state index in [1.165, 1.54) is 12.3 Å². The van der Waals surface area contributed by atoms with Crippen LogP contribution in [0.3, 0.4) is 0 Å². The highest BCUT2D eigenvalue weighted by Gasteiger charge is 2.09. The van der Waals surface area contributed by atoms with Crippen molar-refractivity contribution in [2.24, 2.45) is 0 Å². The number of benzene rings is 2. The van der Waals surface area contributed by atoms with E-state index in [1.54, 1.807) is 24.3 Å². The number of hydrogen-bond acceptors (Lipinski definition) is 3. The molecule has 2 aromatic carbocycles. The van der Waals surface area contributed by atoms with Gasteiger partial charge in [0.2, 0.25) is 0 Å². The summed E-state index contributed by atoms with van der Waals surface area (Å²) in [5.41, 5.74) is 2.43. The lowest BCUT2D eigenvalue weighted by Crippen LogP contribution is -2.13. The maximum Gasteiger partial charge on any atom is 0.255 e. The molecule has 0 atom stereocenters. The summed E-state index contributed by atoms with van der Waals surface area (Å²) in [7, 11) is 0. The number of aryl methyl sites for hydroxylation is 1. The summed E-state index contributed by atoms with van der Waals surface area (Å²) in [6.45, 7) is 1.88. The number of carbonyl (C=O) groups excluding carboxylic acids is 1. The molecule has 0 radical (unpaired) electrons. The van der Waals surface area contributed by atoms with Crippen LogP contribution in [0.5, 0.6) is 0 Å². The van der Waals surface area contributed by atoms with Crippen LogP contribution in [0.25, 0.3) is 11.0 Å². The van der Waals surface area contributed by atoms with E-state index in [9.17, 15) is 9.59 Å². The lowest BCUT2D eigenvalue weighted by Gasteiger charge is -2.08. The van der Waals surface area contributed by atoms with E-state index in [2.05, 4.69) is 5.32 Å². The van der Waals surface area contributed by atoms with Crippen LogP contribution in [0.4, 0.5) is 5.69 Å². The highest BCUT2D eigenvalue weighted by molar-refractivity contribution is 6.05. The molecule has 1 heterocycles. The third-order valence-corrected chi connectivity index (χ3v) is 3.31. The van der Waals surface area contributed by atoms with Gasteiger partial charge in [0.1, 0.15) is 5.58 Å². The number of amides is 1. The fourth-order valence-corrected chi connectivity index (χ4v) is 2.19. The first-order valence-electron chi connectivity index (χ1n) is 6.54. The second-order valence-electron chi connectivity index (χ2n) is 4.76. The van der Waals surface area contributed by atoms with Crippen LogP contribution in [0, 0.1) is 6.92 Å². The summed E-state index contributed by atoms with van der Waals surface area (Å²) >= 11 is 0. The summed E-state index contributed by atoms with van der Waals surface area (Å²) in [5.74, 6) is -0.201. The molecule has 104 valence electrons. The molecule has 1 N–H and O–H groups in total. The van der Waals surface area contributed by atoms with Crippen molar-refractivity contribution in [3.05, 3.63) is 76.1 Å². The topological polar surface area (TPSA) is 59.3 Å². The van der Waals surface area contributed by atoms with Gasteiger partial charge in [-0.05, 0) is 36.8 Å². The third-order valence-electron chi connectivity index (χ3n) is 3.31. The molecular formula is C17H13NO3. The molecule has 0 aliphatic rings. The maximum absolute atomic E-state index is 12.2. The van der Waals surface area contributed by atoms with E-state index >= 15 is 0 Å². The summed E-state index contributed by atoms with van der Waals surface area (Å²) in [4.78, 5) is 24.0. The molecule has 0 fully saturated rings. The van der Waals surface area contributed by atoms with Crippen LogP contribution in [-0.2, 0) is 0 Å². The number of hydrogen-bond donors (Lipinski definition) is 1. The van der Waals surface area contributed by atoms with Crippen molar-refractivity contribution in [3.63, 3.8) is 0 Å². The Morgan fingerprint density at radius 3 is 2.71 bits per heavy atom. The minimum atomic E-state index is -0.201. The Morgan fingerprint density at radius 1 is 1.10 bits per heavy atom. The standard InChI is InChI=1S/C17H13NO3/c1-11-4-2-3-5-13(11)17(20)18-12-6-7-16-14(10-12)15(19)8-9-21-16/h2-10H,1H3,(H,18,20). The SMILES string of the molecule is Cc1ccccc1C(=O)Nc1ccc2occc(=O)c2c1. The van der Waals surface area contributed by atoms with E-state index in [1.807, 2.05) is 25.1 Å². The predicted octanol–water partition coefficient (Wildman–Crippen LogP) is 3.35. The molecule has 0 unspecified atom stereocenters. The molecule has 3 rings (SSSR count). The predicted molar refractivity (Wildman–Crippen MR) is 81.6 cm³/mol. The zero-order valence-corrected chi connectivity index (χ0v) is 11.4. The van der Waals surface area contributed by atoms with Crippen molar-refractivity contribution in [2.75, 3.05) is 5.32 Å². The fraction of sp³-hybridized carbons (Fsp3) is 0.0588. The fourth-order valence-electron chi connectivity index (χ4n) is 2.19. The molecule has 1 aromatic heterocycles.